The lowest BCUT2D eigenvalue weighted by molar-refractivity contribution is -0.143. The normalized spacial score (nSPS) is 12.5. The van der Waals surface area contributed by atoms with E-state index in [4.69, 9.17) is 4.74 Å². The lowest BCUT2D eigenvalue weighted by Gasteiger charge is -2.22. The number of carbonyl (C=O) groups is 1. The molecule has 1 aromatic rings. The molecule has 0 aliphatic carbocycles. The average molecular weight is 249 g/mol. The summed E-state index contributed by atoms with van der Waals surface area (Å²) < 4.78 is 5.77. The van der Waals surface area contributed by atoms with Gasteiger partial charge < -0.3 is 9.64 Å². The molecule has 3 nitrogen and oxygen atoms in total. The lowest BCUT2D eigenvalue weighted by atomic mass is 10.1. The van der Waals surface area contributed by atoms with E-state index in [9.17, 15) is 4.79 Å². The van der Waals surface area contributed by atoms with Crippen molar-refractivity contribution in [2.45, 2.75) is 33.0 Å². The largest absolute Gasteiger partial charge is 0.364 e. The third-order valence-electron chi connectivity index (χ3n) is 2.70. The van der Waals surface area contributed by atoms with Crippen LogP contribution in [0.4, 0.5) is 0 Å². The quantitative estimate of drug-likeness (QED) is 0.776. The van der Waals surface area contributed by atoms with Gasteiger partial charge in [-0.25, -0.2) is 0 Å². The van der Waals surface area contributed by atoms with E-state index >= 15 is 0 Å². The van der Waals surface area contributed by atoms with Gasteiger partial charge in [0.1, 0.15) is 6.10 Å². The smallest absolute Gasteiger partial charge is 0.251 e. The van der Waals surface area contributed by atoms with E-state index in [0.29, 0.717) is 12.5 Å². The number of amides is 1. The minimum atomic E-state index is -0.347. The Labute approximate surface area is 110 Å². The number of hydrogen-bond donors (Lipinski definition) is 0. The number of nitrogens with zero attached hydrogens (tertiary/aromatic N) is 1. The fourth-order valence-corrected chi connectivity index (χ4v) is 1.73. The molecular formula is C15H23NO2. The van der Waals surface area contributed by atoms with E-state index in [1.807, 2.05) is 30.3 Å². The molecule has 100 valence electrons. The SMILES string of the molecule is CC(C)C[C@H](OCc1ccccc1)C(=O)N(C)C. The van der Waals surface area contributed by atoms with Crippen molar-refractivity contribution in [1.29, 1.82) is 0 Å². The van der Waals surface area contributed by atoms with Gasteiger partial charge in [-0.05, 0) is 17.9 Å². The first kappa shape index (κ1) is 14.7. The van der Waals surface area contributed by atoms with Gasteiger partial charge >= 0.3 is 0 Å². The van der Waals surface area contributed by atoms with Crippen LogP contribution in [0.5, 0.6) is 0 Å². The summed E-state index contributed by atoms with van der Waals surface area (Å²) >= 11 is 0. The van der Waals surface area contributed by atoms with E-state index in [2.05, 4.69) is 13.8 Å². The van der Waals surface area contributed by atoms with Crippen LogP contribution in [-0.4, -0.2) is 31.0 Å². The van der Waals surface area contributed by atoms with Crippen LogP contribution in [0.1, 0.15) is 25.8 Å². The summed E-state index contributed by atoms with van der Waals surface area (Å²) in [5.41, 5.74) is 1.10. The van der Waals surface area contributed by atoms with Crippen molar-refractivity contribution in [1.82, 2.24) is 4.90 Å². The highest BCUT2D eigenvalue weighted by Gasteiger charge is 2.22. The van der Waals surface area contributed by atoms with Crippen LogP contribution >= 0.6 is 0 Å². The zero-order valence-corrected chi connectivity index (χ0v) is 11.7. The first-order valence-electron chi connectivity index (χ1n) is 6.37. The first-order chi connectivity index (χ1) is 8.50. The molecule has 1 atom stereocenters. The second-order valence-electron chi connectivity index (χ2n) is 5.15. The van der Waals surface area contributed by atoms with Crippen LogP contribution in [-0.2, 0) is 16.1 Å². The average Bonchev–Trinajstić information content (AvgIpc) is 2.34. The molecule has 18 heavy (non-hydrogen) atoms. The molecular weight excluding hydrogens is 226 g/mol. The monoisotopic (exact) mass is 249 g/mol. The van der Waals surface area contributed by atoms with E-state index in [1.54, 1.807) is 19.0 Å². The summed E-state index contributed by atoms with van der Waals surface area (Å²) in [6, 6.07) is 9.94. The highest BCUT2D eigenvalue weighted by atomic mass is 16.5. The Morgan fingerprint density at radius 2 is 1.83 bits per heavy atom. The summed E-state index contributed by atoms with van der Waals surface area (Å²) in [6.07, 6.45) is 0.407. The Kier molecular flexibility index (Phi) is 5.86. The molecule has 0 saturated carbocycles. The van der Waals surface area contributed by atoms with Gasteiger partial charge in [0.15, 0.2) is 0 Å². The molecule has 0 radical (unpaired) electrons. The van der Waals surface area contributed by atoms with E-state index < -0.39 is 0 Å². The molecule has 0 N–H and O–H groups in total. The number of carbonyl (C=O) groups excluding carboxylic acids is 1. The Balaban J connectivity index is 2.59. The summed E-state index contributed by atoms with van der Waals surface area (Å²) in [7, 11) is 3.53. The topological polar surface area (TPSA) is 29.5 Å². The maximum Gasteiger partial charge on any atom is 0.251 e. The van der Waals surface area contributed by atoms with Crippen molar-refractivity contribution in [2.75, 3.05) is 14.1 Å². The second-order valence-corrected chi connectivity index (χ2v) is 5.15. The minimum Gasteiger partial charge on any atom is -0.364 e. The van der Waals surface area contributed by atoms with Gasteiger partial charge in [0.2, 0.25) is 0 Å². The molecule has 0 spiro atoms. The van der Waals surface area contributed by atoms with Crippen LogP contribution in [0.2, 0.25) is 0 Å². The van der Waals surface area contributed by atoms with E-state index in [0.717, 1.165) is 12.0 Å². The summed E-state index contributed by atoms with van der Waals surface area (Å²) in [5, 5.41) is 0. The van der Waals surface area contributed by atoms with Crippen molar-refractivity contribution < 1.29 is 9.53 Å². The van der Waals surface area contributed by atoms with Gasteiger partial charge in [0, 0.05) is 14.1 Å². The molecule has 0 aliphatic heterocycles. The molecule has 0 fully saturated rings. The van der Waals surface area contributed by atoms with Crippen LogP contribution < -0.4 is 0 Å². The summed E-state index contributed by atoms with van der Waals surface area (Å²) in [6.45, 7) is 4.68. The Morgan fingerprint density at radius 3 is 2.33 bits per heavy atom. The van der Waals surface area contributed by atoms with Crippen molar-refractivity contribution >= 4 is 5.91 Å². The maximum atomic E-state index is 12.0. The Hall–Kier alpha value is -1.35. The van der Waals surface area contributed by atoms with Gasteiger partial charge in [-0.3, -0.25) is 4.79 Å². The molecule has 1 amide bonds. The van der Waals surface area contributed by atoms with E-state index in [1.165, 1.54) is 0 Å². The number of ether oxygens (including phenoxy) is 1. The molecule has 1 rings (SSSR count). The maximum absolute atomic E-state index is 12.0. The molecule has 1 aromatic carbocycles. The lowest BCUT2D eigenvalue weighted by Crippen LogP contribution is -2.36. The number of rotatable bonds is 6. The molecule has 0 aliphatic rings. The zero-order chi connectivity index (χ0) is 13.5. The number of benzene rings is 1. The van der Waals surface area contributed by atoms with Crippen LogP contribution in [0.25, 0.3) is 0 Å². The van der Waals surface area contributed by atoms with Crippen LogP contribution in [0, 0.1) is 5.92 Å². The third-order valence-corrected chi connectivity index (χ3v) is 2.70. The highest BCUT2D eigenvalue weighted by molar-refractivity contribution is 5.80. The van der Waals surface area contributed by atoms with Crippen molar-refractivity contribution in [3.05, 3.63) is 35.9 Å². The van der Waals surface area contributed by atoms with E-state index in [-0.39, 0.29) is 12.0 Å². The fraction of sp³-hybridized carbons (Fsp3) is 0.533. The van der Waals surface area contributed by atoms with Gasteiger partial charge in [-0.2, -0.15) is 0 Å². The first-order valence-corrected chi connectivity index (χ1v) is 6.37. The van der Waals surface area contributed by atoms with Crippen LogP contribution in [0.15, 0.2) is 30.3 Å². The summed E-state index contributed by atoms with van der Waals surface area (Å²) in [4.78, 5) is 13.6. The van der Waals surface area contributed by atoms with Crippen molar-refractivity contribution in [3.63, 3.8) is 0 Å². The van der Waals surface area contributed by atoms with Crippen LogP contribution in [0.3, 0.4) is 0 Å². The minimum absolute atomic E-state index is 0.0413. The molecule has 0 bridgehead atoms. The zero-order valence-electron chi connectivity index (χ0n) is 11.7. The predicted octanol–water partition coefficient (Wildman–Crippen LogP) is 2.71. The Bertz CT molecular complexity index is 360. The Morgan fingerprint density at radius 1 is 1.22 bits per heavy atom. The third kappa shape index (κ3) is 4.88. The van der Waals surface area contributed by atoms with Gasteiger partial charge in [0.05, 0.1) is 6.61 Å². The highest BCUT2D eigenvalue weighted by Crippen LogP contribution is 2.13. The van der Waals surface area contributed by atoms with Gasteiger partial charge in [-0.15, -0.1) is 0 Å². The summed E-state index contributed by atoms with van der Waals surface area (Å²) in [5.74, 6) is 0.481. The number of likely N-dealkylation sites (N-methyl/N-ethyl adjacent to an activating group) is 1. The molecule has 3 heteroatoms. The molecule has 0 saturated heterocycles. The standard InChI is InChI=1S/C15H23NO2/c1-12(2)10-14(15(17)16(3)4)18-11-13-8-6-5-7-9-13/h5-9,12,14H,10-11H2,1-4H3/t14-/m0/s1. The van der Waals surface area contributed by atoms with Crippen molar-refractivity contribution in [3.8, 4) is 0 Å². The van der Waals surface area contributed by atoms with Crippen molar-refractivity contribution in [2.24, 2.45) is 5.92 Å². The second kappa shape index (κ2) is 7.17. The fourth-order valence-electron chi connectivity index (χ4n) is 1.73. The van der Waals surface area contributed by atoms with Gasteiger partial charge in [0.25, 0.3) is 5.91 Å². The molecule has 0 heterocycles. The number of hydrogen-bond acceptors (Lipinski definition) is 2. The molecule has 0 unspecified atom stereocenters. The predicted molar refractivity (Wildman–Crippen MR) is 73.2 cm³/mol. The van der Waals surface area contributed by atoms with Gasteiger partial charge in [-0.1, -0.05) is 44.2 Å². The molecule has 0 aromatic heterocycles.